The molecule has 134 valence electrons. The van der Waals surface area contributed by atoms with E-state index in [2.05, 4.69) is 5.32 Å². The maximum absolute atomic E-state index is 12.6. The van der Waals surface area contributed by atoms with Crippen LogP contribution in [0.3, 0.4) is 0 Å². The first-order valence-corrected chi connectivity index (χ1v) is 10.6. The first kappa shape index (κ1) is 18.1. The number of amides is 2. The molecular weight excluding hydrogens is 356 g/mol. The molecule has 2 aromatic rings. The second kappa shape index (κ2) is 8.58. The highest BCUT2D eigenvalue weighted by Crippen LogP contribution is 2.20. The van der Waals surface area contributed by atoms with Crippen molar-refractivity contribution in [1.82, 2.24) is 10.2 Å². The Labute approximate surface area is 155 Å². The molecule has 0 aliphatic carbocycles. The summed E-state index contributed by atoms with van der Waals surface area (Å²) in [6.45, 7) is 1.99. The number of hydrogen-bond acceptors (Lipinski definition) is 5. The van der Waals surface area contributed by atoms with Gasteiger partial charge in [0.1, 0.15) is 5.76 Å². The van der Waals surface area contributed by atoms with Crippen LogP contribution in [-0.4, -0.2) is 42.6 Å². The zero-order valence-corrected chi connectivity index (χ0v) is 15.8. The normalized spacial score (nSPS) is 17.5. The number of carbonyl (C=O) groups excluding carboxylic acids is 2. The van der Waals surface area contributed by atoms with E-state index in [1.54, 1.807) is 17.8 Å². The third-order valence-electron chi connectivity index (χ3n) is 4.26. The fourth-order valence-corrected chi connectivity index (χ4v) is 4.10. The van der Waals surface area contributed by atoms with Gasteiger partial charge < -0.3 is 14.6 Å². The van der Waals surface area contributed by atoms with E-state index in [-0.39, 0.29) is 17.7 Å². The molecule has 7 heteroatoms. The van der Waals surface area contributed by atoms with Crippen LogP contribution in [-0.2, 0) is 5.75 Å². The minimum absolute atomic E-state index is 0.0359. The summed E-state index contributed by atoms with van der Waals surface area (Å²) >= 11 is 3.10. The van der Waals surface area contributed by atoms with Crippen molar-refractivity contribution < 1.29 is 14.0 Å². The zero-order valence-electron chi connectivity index (χ0n) is 14.2. The molecule has 0 spiro atoms. The fourth-order valence-electron chi connectivity index (χ4n) is 3.02. The summed E-state index contributed by atoms with van der Waals surface area (Å²) in [5.41, 5.74) is 0. The van der Waals surface area contributed by atoms with Gasteiger partial charge in [-0.1, -0.05) is 6.07 Å². The molecule has 1 atom stereocenters. The van der Waals surface area contributed by atoms with Crippen LogP contribution >= 0.6 is 23.1 Å². The molecular formula is C18H22N2O3S2. The lowest BCUT2D eigenvalue weighted by Gasteiger charge is -2.32. The summed E-state index contributed by atoms with van der Waals surface area (Å²) in [5.74, 6) is 2.19. The molecule has 1 unspecified atom stereocenters. The van der Waals surface area contributed by atoms with Crippen LogP contribution in [0.25, 0.3) is 0 Å². The number of piperidine rings is 1. The number of likely N-dealkylation sites (tertiary alicyclic amines) is 1. The summed E-state index contributed by atoms with van der Waals surface area (Å²) in [4.78, 5) is 27.2. The van der Waals surface area contributed by atoms with Crippen LogP contribution in [0.15, 0.2) is 34.1 Å². The Hall–Kier alpha value is -1.73. The molecule has 1 aliphatic rings. The lowest BCUT2D eigenvalue weighted by atomic mass is 9.97. The van der Waals surface area contributed by atoms with Crippen LogP contribution in [0.1, 0.15) is 38.8 Å². The van der Waals surface area contributed by atoms with E-state index in [0.717, 1.165) is 35.8 Å². The lowest BCUT2D eigenvalue weighted by Crippen LogP contribution is -2.43. The Balaban J connectivity index is 1.53. The third-order valence-corrected chi connectivity index (χ3v) is 5.70. The molecule has 2 amide bonds. The molecule has 1 N–H and O–H groups in total. The van der Waals surface area contributed by atoms with Crippen LogP contribution < -0.4 is 5.32 Å². The fraction of sp³-hybridized carbons (Fsp3) is 0.444. The van der Waals surface area contributed by atoms with Gasteiger partial charge in [-0.2, -0.15) is 11.8 Å². The molecule has 1 saturated heterocycles. The van der Waals surface area contributed by atoms with E-state index in [0.29, 0.717) is 18.8 Å². The Bertz CT molecular complexity index is 712. The van der Waals surface area contributed by atoms with Crippen molar-refractivity contribution in [1.29, 1.82) is 0 Å². The highest BCUT2D eigenvalue weighted by atomic mass is 32.2. The van der Waals surface area contributed by atoms with Gasteiger partial charge in [0.2, 0.25) is 0 Å². The second-order valence-corrected chi connectivity index (χ2v) is 7.96. The standard InChI is InChI=1S/C18H22N2O3S2/c1-24-12-14-6-7-15(23-14)18(22)20-8-2-4-13(11-20)10-19-17(21)16-5-3-9-25-16/h3,5-7,9,13H,2,4,8,10-12H2,1H3,(H,19,21). The Morgan fingerprint density at radius 2 is 2.28 bits per heavy atom. The summed E-state index contributed by atoms with van der Waals surface area (Å²) in [6.07, 6.45) is 3.97. The van der Waals surface area contributed by atoms with Crippen LogP contribution in [0.5, 0.6) is 0 Å². The number of thioether (sulfide) groups is 1. The van der Waals surface area contributed by atoms with Gasteiger partial charge in [-0.3, -0.25) is 9.59 Å². The Kier molecular flexibility index (Phi) is 6.20. The molecule has 3 heterocycles. The monoisotopic (exact) mass is 378 g/mol. The molecule has 1 fully saturated rings. The van der Waals surface area contributed by atoms with E-state index in [9.17, 15) is 9.59 Å². The SMILES string of the molecule is CSCc1ccc(C(=O)N2CCCC(CNC(=O)c3cccs3)C2)o1. The van der Waals surface area contributed by atoms with Crippen molar-refractivity contribution in [2.75, 3.05) is 25.9 Å². The minimum Gasteiger partial charge on any atom is -0.455 e. The number of hydrogen-bond donors (Lipinski definition) is 1. The van der Waals surface area contributed by atoms with Gasteiger partial charge in [-0.25, -0.2) is 0 Å². The number of nitrogens with zero attached hydrogens (tertiary/aromatic N) is 1. The first-order chi connectivity index (χ1) is 12.2. The van der Waals surface area contributed by atoms with Gasteiger partial charge in [0.05, 0.1) is 10.6 Å². The highest BCUT2D eigenvalue weighted by Gasteiger charge is 2.26. The van der Waals surface area contributed by atoms with Gasteiger partial charge in [0.15, 0.2) is 5.76 Å². The molecule has 25 heavy (non-hydrogen) atoms. The van der Waals surface area contributed by atoms with Gasteiger partial charge >= 0.3 is 0 Å². The maximum Gasteiger partial charge on any atom is 0.289 e. The lowest BCUT2D eigenvalue weighted by molar-refractivity contribution is 0.0638. The summed E-state index contributed by atoms with van der Waals surface area (Å²) < 4.78 is 5.64. The van der Waals surface area contributed by atoms with Crippen molar-refractivity contribution in [3.8, 4) is 0 Å². The predicted octanol–water partition coefficient (Wildman–Crippen LogP) is 3.49. The van der Waals surface area contributed by atoms with E-state index >= 15 is 0 Å². The highest BCUT2D eigenvalue weighted by molar-refractivity contribution is 7.97. The van der Waals surface area contributed by atoms with E-state index in [1.165, 1.54) is 11.3 Å². The van der Waals surface area contributed by atoms with Crippen molar-refractivity contribution in [2.24, 2.45) is 5.92 Å². The summed E-state index contributed by atoms with van der Waals surface area (Å²) in [7, 11) is 0. The van der Waals surface area contributed by atoms with Crippen molar-refractivity contribution in [3.63, 3.8) is 0 Å². The minimum atomic E-state index is -0.0540. The molecule has 5 nitrogen and oxygen atoms in total. The van der Waals surface area contributed by atoms with E-state index in [4.69, 9.17) is 4.42 Å². The largest absolute Gasteiger partial charge is 0.455 e. The van der Waals surface area contributed by atoms with Crippen molar-refractivity contribution in [3.05, 3.63) is 46.0 Å². The topological polar surface area (TPSA) is 62.6 Å². The van der Waals surface area contributed by atoms with Crippen molar-refractivity contribution in [2.45, 2.75) is 18.6 Å². The number of carbonyl (C=O) groups is 2. The van der Waals surface area contributed by atoms with Gasteiger partial charge in [0.25, 0.3) is 11.8 Å². The van der Waals surface area contributed by atoms with E-state index < -0.39 is 0 Å². The summed E-state index contributed by atoms with van der Waals surface area (Å²) in [6, 6.07) is 7.32. The molecule has 0 bridgehead atoms. The van der Waals surface area contributed by atoms with Gasteiger partial charge in [0, 0.05) is 19.6 Å². The second-order valence-electron chi connectivity index (χ2n) is 6.15. The van der Waals surface area contributed by atoms with Crippen LogP contribution in [0, 0.1) is 5.92 Å². The molecule has 3 rings (SSSR count). The predicted molar refractivity (Wildman–Crippen MR) is 101 cm³/mol. The number of furan rings is 1. The van der Waals surface area contributed by atoms with E-state index in [1.807, 2.05) is 34.7 Å². The molecule has 2 aromatic heterocycles. The average Bonchev–Trinajstić information content (AvgIpc) is 3.31. The van der Waals surface area contributed by atoms with Crippen LogP contribution in [0.4, 0.5) is 0 Å². The quantitative estimate of drug-likeness (QED) is 0.836. The average molecular weight is 379 g/mol. The molecule has 1 aliphatic heterocycles. The summed E-state index contributed by atoms with van der Waals surface area (Å²) in [5, 5.41) is 4.88. The maximum atomic E-state index is 12.6. The third kappa shape index (κ3) is 4.67. The smallest absolute Gasteiger partial charge is 0.289 e. The number of thiophene rings is 1. The molecule has 0 saturated carbocycles. The number of rotatable bonds is 6. The van der Waals surface area contributed by atoms with Gasteiger partial charge in [-0.15, -0.1) is 11.3 Å². The zero-order chi connectivity index (χ0) is 17.6. The number of nitrogens with one attached hydrogen (secondary N) is 1. The van der Waals surface area contributed by atoms with Crippen LogP contribution in [0.2, 0.25) is 0 Å². The van der Waals surface area contributed by atoms with Gasteiger partial charge in [-0.05, 0) is 48.6 Å². The molecule has 0 aromatic carbocycles. The molecule has 0 radical (unpaired) electrons. The Morgan fingerprint density at radius 1 is 1.40 bits per heavy atom. The first-order valence-electron chi connectivity index (χ1n) is 8.36. The Morgan fingerprint density at radius 3 is 3.04 bits per heavy atom. The van der Waals surface area contributed by atoms with Crippen molar-refractivity contribution >= 4 is 34.9 Å².